The number of nitrogens with one attached hydrogen (secondary N) is 2. The Bertz CT molecular complexity index is 1420. The van der Waals surface area contributed by atoms with Crippen LogP contribution in [0.5, 0.6) is 0 Å². The van der Waals surface area contributed by atoms with Gasteiger partial charge in [-0.25, -0.2) is 32.2 Å². The second kappa shape index (κ2) is 9.42. The number of amides is 2. The number of anilines is 2. The molecule has 0 aliphatic carbocycles. The predicted octanol–water partition coefficient (Wildman–Crippen LogP) is 2.84. The van der Waals surface area contributed by atoms with Gasteiger partial charge in [0.2, 0.25) is 10.0 Å². The first-order valence-electron chi connectivity index (χ1n) is 12.6. The summed E-state index contributed by atoms with van der Waals surface area (Å²) >= 11 is 0. The van der Waals surface area contributed by atoms with Gasteiger partial charge in [0.15, 0.2) is 5.65 Å². The van der Waals surface area contributed by atoms with Crippen LogP contribution in [0.25, 0.3) is 11.0 Å². The number of hydrogen-bond donors (Lipinski definition) is 2. The van der Waals surface area contributed by atoms with E-state index in [2.05, 4.69) is 37.9 Å². The number of carbonyl (C=O) groups excluding carboxylic acids is 1. The van der Waals surface area contributed by atoms with E-state index in [0.717, 1.165) is 35.4 Å². The molecule has 12 heteroatoms. The smallest absolute Gasteiger partial charge is 0.322 e. The third kappa shape index (κ3) is 4.66. The lowest BCUT2D eigenvalue weighted by Crippen LogP contribution is -2.51. The minimum Gasteiger partial charge on any atom is -0.366 e. The number of nitrogens with zero attached hydrogens (tertiary/aromatic N) is 6. The molecule has 11 nitrogen and oxygen atoms in total. The number of benzene rings is 1. The van der Waals surface area contributed by atoms with Gasteiger partial charge in [-0.15, -0.1) is 0 Å². The van der Waals surface area contributed by atoms with Crippen molar-refractivity contribution in [3.8, 4) is 0 Å². The Morgan fingerprint density at radius 3 is 2.41 bits per heavy atom. The van der Waals surface area contributed by atoms with Crippen LogP contribution in [0.1, 0.15) is 31.7 Å². The summed E-state index contributed by atoms with van der Waals surface area (Å²) < 4.78 is 27.1. The van der Waals surface area contributed by atoms with Crippen LogP contribution in [0.3, 0.4) is 0 Å². The number of piperidine rings is 2. The fourth-order valence-electron chi connectivity index (χ4n) is 5.74. The molecule has 3 aliphatic heterocycles. The minimum atomic E-state index is -3.18. The lowest BCUT2D eigenvalue weighted by atomic mass is 9.96. The summed E-state index contributed by atoms with van der Waals surface area (Å²) in [6.45, 7) is 0.959. The first-order valence-corrected chi connectivity index (χ1v) is 14.4. The lowest BCUT2D eigenvalue weighted by Gasteiger charge is -2.39. The van der Waals surface area contributed by atoms with Crippen molar-refractivity contribution in [2.75, 3.05) is 30.0 Å². The summed E-state index contributed by atoms with van der Waals surface area (Å²) in [6, 6.07) is 9.68. The van der Waals surface area contributed by atoms with Gasteiger partial charge in [-0.2, -0.15) is 5.10 Å². The van der Waals surface area contributed by atoms with E-state index in [1.165, 1.54) is 10.6 Å². The summed E-state index contributed by atoms with van der Waals surface area (Å²) in [6.07, 6.45) is 11.8. The van der Waals surface area contributed by atoms with Crippen molar-refractivity contribution in [3.63, 3.8) is 0 Å². The zero-order valence-electron chi connectivity index (χ0n) is 20.6. The van der Waals surface area contributed by atoms with Crippen LogP contribution in [0.4, 0.5) is 16.3 Å². The van der Waals surface area contributed by atoms with Gasteiger partial charge in [0.1, 0.15) is 12.1 Å². The first-order chi connectivity index (χ1) is 17.9. The van der Waals surface area contributed by atoms with Gasteiger partial charge >= 0.3 is 6.03 Å². The Kier molecular flexibility index (Phi) is 6.07. The fraction of sp³-hybridized carbons (Fsp3) is 0.440. The molecular formula is C25H30N8O3S. The SMILES string of the molecule is CS(=O)(=O)N1CCC(n2ncc3c(NC4C[C@@H]5C=C[C@@H](C4)N5C(=O)Nc4ccccc4)ncnc32)CC1. The highest BCUT2D eigenvalue weighted by molar-refractivity contribution is 7.88. The molecule has 0 spiro atoms. The quantitative estimate of drug-likeness (QED) is 0.494. The molecule has 194 valence electrons. The summed E-state index contributed by atoms with van der Waals surface area (Å²) in [4.78, 5) is 23.9. The number of carbonyl (C=O) groups is 1. The second-order valence-corrected chi connectivity index (χ2v) is 12.0. The molecule has 2 fully saturated rings. The van der Waals surface area contributed by atoms with Crippen molar-refractivity contribution < 1.29 is 13.2 Å². The van der Waals surface area contributed by atoms with Crippen LogP contribution in [0.15, 0.2) is 55.0 Å². The van der Waals surface area contributed by atoms with Crippen LogP contribution in [-0.2, 0) is 10.0 Å². The van der Waals surface area contributed by atoms with E-state index >= 15 is 0 Å². The number of aromatic nitrogens is 4. The molecular weight excluding hydrogens is 492 g/mol. The number of para-hydroxylation sites is 1. The van der Waals surface area contributed by atoms with Crippen LogP contribution < -0.4 is 10.6 Å². The molecule has 0 radical (unpaired) electrons. The molecule has 1 aromatic carbocycles. The molecule has 2 amide bonds. The van der Waals surface area contributed by atoms with E-state index < -0.39 is 10.0 Å². The monoisotopic (exact) mass is 522 g/mol. The normalized spacial score (nSPS) is 24.5. The maximum Gasteiger partial charge on any atom is 0.322 e. The number of fused-ring (bicyclic) bond motifs is 3. The van der Waals surface area contributed by atoms with E-state index in [-0.39, 0.29) is 30.2 Å². The minimum absolute atomic E-state index is 0.0139. The van der Waals surface area contributed by atoms with Crippen molar-refractivity contribution >= 4 is 38.6 Å². The molecule has 0 saturated carbocycles. The van der Waals surface area contributed by atoms with E-state index in [4.69, 9.17) is 0 Å². The standard InChI is InChI=1S/C25H30N8O3S/c1-37(35,36)31-11-9-19(10-12-31)33-24-22(15-28-33)23(26-16-27-24)29-18-13-20-7-8-21(14-18)32(20)25(34)30-17-5-3-2-4-6-17/h2-8,15-16,18-21H,9-14H2,1H3,(H,30,34)(H,26,27,29)/t20-,21-/m0/s1. The van der Waals surface area contributed by atoms with E-state index in [1.807, 2.05) is 39.9 Å². The van der Waals surface area contributed by atoms with Gasteiger partial charge in [0, 0.05) is 24.8 Å². The van der Waals surface area contributed by atoms with Crippen LogP contribution in [0.2, 0.25) is 0 Å². The maximum atomic E-state index is 13.0. The summed E-state index contributed by atoms with van der Waals surface area (Å²) in [7, 11) is -3.18. The van der Waals surface area contributed by atoms with Gasteiger partial charge in [-0.3, -0.25) is 0 Å². The van der Waals surface area contributed by atoms with Crippen molar-refractivity contribution in [1.82, 2.24) is 29.0 Å². The Balaban J connectivity index is 1.13. The molecule has 2 N–H and O–H groups in total. The molecule has 37 heavy (non-hydrogen) atoms. The van der Waals surface area contributed by atoms with Gasteiger partial charge in [0.25, 0.3) is 0 Å². The van der Waals surface area contributed by atoms with E-state index in [1.54, 1.807) is 12.5 Å². The molecule has 5 heterocycles. The highest BCUT2D eigenvalue weighted by Crippen LogP contribution is 2.34. The molecule has 3 aliphatic rings. The number of sulfonamides is 1. The summed E-state index contributed by atoms with van der Waals surface area (Å²) in [5.74, 6) is 0.733. The Morgan fingerprint density at radius 2 is 1.73 bits per heavy atom. The van der Waals surface area contributed by atoms with Crippen molar-refractivity contribution in [2.45, 2.75) is 49.9 Å². The van der Waals surface area contributed by atoms with Crippen LogP contribution in [0, 0.1) is 0 Å². The van der Waals surface area contributed by atoms with Gasteiger partial charge in [-0.1, -0.05) is 30.4 Å². The van der Waals surface area contributed by atoms with Gasteiger partial charge in [0.05, 0.1) is 36.0 Å². The number of urea groups is 1. The fourth-order valence-corrected chi connectivity index (χ4v) is 6.61. The first kappa shape index (κ1) is 23.9. The van der Waals surface area contributed by atoms with Gasteiger partial charge in [-0.05, 0) is 37.8 Å². The van der Waals surface area contributed by atoms with E-state index in [9.17, 15) is 13.2 Å². The molecule has 2 aromatic heterocycles. The Morgan fingerprint density at radius 1 is 1.03 bits per heavy atom. The largest absolute Gasteiger partial charge is 0.366 e. The topological polar surface area (TPSA) is 125 Å². The van der Waals surface area contributed by atoms with Crippen LogP contribution in [-0.4, -0.2) is 80.9 Å². The van der Waals surface area contributed by atoms with Gasteiger partial charge < -0.3 is 15.5 Å². The summed E-state index contributed by atoms with van der Waals surface area (Å²) in [5, 5.41) is 12.0. The number of hydrogen-bond acceptors (Lipinski definition) is 7. The van der Waals surface area contributed by atoms with Crippen molar-refractivity contribution in [2.24, 2.45) is 0 Å². The highest BCUT2D eigenvalue weighted by atomic mass is 32.2. The molecule has 0 unspecified atom stereocenters. The lowest BCUT2D eigenvalue weighted by molar-refractivity contribution is 0.163. The second-order valence-electron chi connectivity index (χ2n) is 9.98. The third-order valence-corrected chi connectivity index (χ3v) is 8.86. The van der Waals surface area contributed by atoms with E-state index in [0.29, 0.717) is 25.9 Å². The highest BCUT2D eigenvalue weighted by Gasteiger charge is 2.40. The average Bonchev–Trinajstić information content (AvgIpc) is 3.44. The predicted molar refractivity (Wildman–Crippen MR) is 141 cm³/mol. The zero-order valence-corrected chi connectivity index (χ0v) is 21.4. The Labute approximate surface area is 215 Å². The Hall–Kier alpha value is -3.51. The molecule has 6 rings (SSSR count). The zero-order chi connectivity index (χ0) is 25.6. The third-order valence-electron chi connectivity index (χ3n) is 7.55. The average molecular weight is 523 g/mol. The molecule has 2 atom stereocenters. The maximum absolute atomic E-state index is 13.0. The van der Waals surface area contributed by atoms with Crippen molar-refractivity contribution in [3.05, 3.63) is 55.0 Å². The van der Waals surface area contributed by atoms with Crippen LogP contribution >= 0.6 is 0 Å². The molecule has 2 bridgehead atoms. The molecule has 3 aromatic rings. The summed E-state index contributed by atoms with van der Waals surface area (Å²) in [5.41, 5.74) is 1.53. The number of rotatable bonds is 5. The van der Waals surface area contributed by atoms with Crippen molar-refractivity contribution in [1.29, 1.82) is 0 Å². The molecule has 2 saturated heterocycles.